The minimum absolute atomic E-state index is 0.134. The van der Waals surface area contributed by atoms with Crippen LogP contribution in [0.25, 0.3) is 0 Å². The number of nitrogens with one attached hydrogen (secondary N) is 1. The lowest BCUT2D eigenvalue weighted by molar-refractivity contribution is 0.0692. The average molecular weight is 323 g/mol. The normalized spacial score (nSPS) is 20.9. The van der Waals surface area contributed by atoms with Crippen LogP contribution in [0, 0.1) is 5.82 Å². The van der Waals surface area contributed by atoms with Crippen molar-refractivity contribution in [2.75, 3.05) is 5.32 Å². The quantitative estimate of drug-likeness (QED) is 0.865. The highest BCUT2D eigenvalue weighted by Gasteiger charge is 2.26. The molecule has 0 spiro atoms. The molecule has 3 nitrogen and oxygen atoms in total. The zero-order chi connectivity index (χ0) is 15.0. The van der Waals surface area contributed by atoms with E-state index in [1.165, 1.54) is 21.9 Å². The Bertz CT molecular complexity index is 686. The maximum absolute atomic E-state index is 13.4. The molecule has 2 N–H and O–H groups in total. The van der Waals surface area contributed by atoms with Gasteiger partial charge in [-0.3, -0.25) is 0 Å². The van der Waals surface area contributed by atoms with Crippen LogP contribution < -0.4 is 5.32 Å². The molecule has 0 radical (unpaired) electrons. The molecule has 3 rings (SSSR count). The molecule has 0 saturated carbocycles. The third-order valence-corrected chi connectivity index (χ3v) is 5.79. The van der Waals surface area contributed by atoms with E-state index in [4.69, 9.17) is 5.11 Å². The number of hydrogen-bond donors (Lipinski definition) is 2. The van der Waals surface area contributed by atoms with Crippen LogP contribution in [0.3, 0.4) is 0 Å². The van der Waals surface area contributed by atoms with Gasteiger partial charge < -0.3 is 10.4 Å². The molecule has 6 heteroatoms. The SMILES string of the molecule is C[C@H]1CC(Nc2ccc(F)c(C(=O)O)c2)c2ccsc2S1. The lowest BCUT2D eigenvalue weighted by Gasteiger charge is -2.28. The minimum Gasteiger partial charge on any atom is -0.478 e. The molecule has 21 heavy (non-hydrogen) atoms. The highest BCUT2D eigenvalue weighted by Crippen LogP contribution is 2.44. The predicted octanol–water partition coefficient (Wildman–Crippen LogP) is 4.62. The van der Waals surface area contributed by atoms with Crippen LogP contribution in [0.5, 0.6) is 0 Å². The molecule has 110 valence electrons. The molecule has 1 aliphatic rings. The van der Waals surface area contributed by atoms with Gasteiger partial charge >= 0.3 is 5.97 Å². The summed E-state index contributed by atoms with van der Waals surface area (Å²) in [6.45, 7) is 2.18. The van der Waals surface area contributed by atoms with E-state index in [0.29, 0.717) is 10.9 Å². The van der Waals surface area contributed by atoms with E-state index in [2.05, 4.69) is 23.7 Å². The molecule has 1 aromatic heterocycles. The van der Waals surface area contributed by atoms with Gasteiger partial charge in [-0.25, -0.2) is 9.18 Å². The second-order valence-electron chi connectivity index (χ2n) is 5.02. The first-order valence-corrected chi connectivity index (χ1v) is 8.34. The van der Waals surface area contributed by atoms with Crippen LogP contribution in [0.15, 0.2) is 33.9 Å². The van der Waals surface area contributed by atoms with E-state index >= 15 is 0 Å². The topological polar surface area (TPSA) is 49.3 Å². The van der Waals surface area contributed by atoms with Crippen LogP contribution in [-0.4, -0.2) is 16.3 Å². The fourth-order valence-electron chi connectivity index (χ4n) is 2.47. The average Bonchev–Trinajstić information content (AvgIpc) is 2.88. The van der Waals surface area contributed by atoms with Crippen LogP contribution in [0.4, 0.5) is 10.1 Å². The number of carboxylic acids is 1. The Kier molecular flexibility index (Phi) is 3.91. The highest BCUT2D eigenvalue weighted by atomic mass is 32.2. The third-order valence-electron chi connectivity index (χ3n) is 3.45. The number of thiophene rings is 1. The summed E-state index contributed by atoms with van der Waals surface area (Å²) in [5, 5.41) is 14.9. The van der Waals surface area contributed by atoms with Gasteiger partial charge in [0.05, 0.1) is 15.8 Å². The number of carboxylic acid groups (broad SMARTS) is 1. The molecule has 0 bridgehead atoms. The molecule has 1 aromatic carbocycles. The standard InChI is InChI=1S/C15H14FNO2S2/c1-8-6-13(10-4-5-20-15(10)21-8)17-9-2-3-12(16)11(7-9)14(18)19/h2-5,7-8,13,17H,6H2,1H3,(H,18,19)/t8-,13?/m0/s1. The number of carbonyl (C=O) groups is 1. The Labute approximate surface area is 130 Å². The summed E-state index contributed by atoms with van der Waals surface area (Å²) >= 11 is 3.59. The Morgan fingerprint density at radius 1 is 1.43 bits per heavy atom. The monoisotopic (exact) mass is 323 g/mol. The van der Waals surface area contributed by atoms with Crippen LogP contribution in [-0.2, 0) is 0 Å². The van der Waals surface area contributed by atoms with Gasteiger partial charge in [-0.05, 0) is 41.6 Å². The van der Waals surface area contributed by atoms with Crippen LogP contribution in [0.1, 0.15) is 35.3 Å². The van der Waals surface area contributed by atoms with E-state index < -0.39 is 11.8 Å². The molecule has 1 aliphatic heterocycles. The first-order valence-electron chi connectivity index (χ1n) is 6.58. The van der Waals surface area contributed by atoms with E-state index in [-0.39, 0.29) is 11.6 Å². The summed E-state index contributed by atoms with van der Waals surface area (Å²) < 4.78 is 14.7. The molecule has 0 saturated heterocycles. The van der Waals surface area contributed by atoms with Crippen molar-refractivity contribution < 1.29 is 14.3 Å². The first kappa shape index (κ1) is 14.4. The van der Waals surface area contributed by atoms with Crippen molar-refractivity contribution in [1.29, 1.82) is 0 Å². The molecule has 2 aromatic rings. The smallest absolute Gasteiger partial charge is 0.338 e. The van der Waals surface area contributed by atoms with Gasteiger partial charge in [-0.1, -0.05) is 6.92 Å². The van der Waals surface area contributed by atoms with Gasteiger partial charge in [0, 0.05) is 10.9 Å². The predicted molar refractivity (Wildman–Crippen MR) is 84.0 cm³/mol. The number of hydrogen-bond acceptors (Lipinski definition) is 4. The van der Waals surface area contributed by atoms with Crippen molar-refractivity contribution in [2.24, 2.45) is 0 Å². The van der Waals surface area contributed by atoms with Crippen molar-refractivity contribution in [3.63, 3.8) is 0 Å². The van der Waals surface area contributed by atoms with Gasteiger partial charge in [-0.15, -0.1) is 23.1 Å². The Hall–Kier alpha value is -1.53. The second kappa shape index (κ2) is 5.69. The number of benzene rings is 1. The van der Waals surface area contributed by atoms with E-state index in [1.54, 1.807) is 17.4 Å². The summed E-state index contributed by atoms with van der Waals surface area (Å²) in [5.41, 5.74) is 1.57. The van der Waals surface area contributed by atoms with Crippen molar-refractivity contribution in [3.8, 4) is 0 Å². The first-order chi connectivity index (χ1) is 10.0. The van der Waals surface area contributed by atoms with Gasteiger partial charge in [0.25, 0.3) is 0 Å². The molecule has 0 aliphatic carbocycles. The van der Waals surface area contributed by atoms with Gasteiger partial charge in [-0.2, -0.15) is 0 Å². The van der Waals surface area contributed by atoms with Crippen molar-refractivity contribution >= 4 is 34.8 Å². The molecular formula is C15H14FNO2S2. The second-order valence-corrected chi connectivity index (χ2v) is 7.65. The third kappa shape index (κ3) is 2.91. The fourth-order valence-corrected chi connectivity index (χ4v) is 5.03. The summed E-state index contributed by atoms with van der Waals surface area (Å²) in [7, 11) is 0. The number of aromatic carboxylic acids is 1. The van der Waals surface area contributed by atoms with Crippen molar-refractivity contribution in [3.05, 3.63) is 46.6 Å². The minimum atomic E-state index is -1.25. The van der Waals surface area contributed by atoms with E-state index in [0.717, 1.165) is 6.42 Å². The molecule has 0 amide bonds. The lowest BCUT2D eigenvalue weighted by atomic mass is 10.0. The van der Waals surface area contributed by atoms with Gasteiger partial charge in [0.1, 0.15) is 5.82 Å². The van der Waals surface area contributed by atoms with E-state index in [9.17, 15) is 9.18 Å². The maximum Gasteiger partial charge on any atom is 0.338 e. The fraction of sp³-hybridized carbons (Fsp3) is 0.267. The summed E-state index contributed by atoms with van der Waals surface area (Å²) in [5.74, 6) is -1.96. The van der Waals surface area contributed by atoms with Gasteiger partial charge in [0.15, 0.2) is 0 Å². The molecule has 2 heterocycles. The maximum atomic E-state index is 13.4. The Morgan fingerprint density at radius 3 is 3.00 bits per heavy atom. The summed E-state index contributed by atoms with van der Waals surface area (Å²) in [6, 6.07) is 6.37. The Balaban J connectivity index is 1.88. The van der Waals surface area contributed by atoms with Gasteiger partial charge in [0.2, 0.25) is 0 Å². The molecule has 2 atom stereocenters. The zero-order valence-electron chi connectivity index (χ0n) is 11.3. The summed E-state index contributed by atoms with van der Waals surface area (Å²) in [4.78, 5) is 11.0. The number of rotatable bonds is 3. The number of halogens is 1. The molecular weight excluding hydrogens is 309 g/mol. The molecule has 1 unspecified atom stereocenters. The molecule has 0 fully saturated rings. The highest BCUT2D eigenvalue weighted by molar-refractivity contribution is 8.01. The van der Waals surface area contributed by atoms with Crippen LogP contribution >= 0.6 is 23.1 Å². The van der Waals surface area contributed by atoms with E-state index in [1.807, 2.05) is 11.8 Å². The zero-order valence-corrected chi connectivity index (χ0v) is 12.9. The number of fused-ring (bicyclic) bond motifs is 1. The number of thioether (sulfide) groups is 1. The van der Waals surface area contributed by atoms with Crippen LogP contribution in [0.2, 0.25) is 0 Å². The largest absolute Gasteiger partial charge is 0.478 e. The summed E-state index contributed by atoms with van der Waals surface area (Å²) in [6.07, 6.45) is 0.953. The van der Waals surface area contributed by atoms with Crippen molar-refractivity contribution in [1.82, 2.24) is 0 Å². The Morgan fingerprint density at radius 2 is 2.24 bits per heavy atom. The van der Waals surface area contributed by atoms with Crippen molar-refractivity contribution in [2.45, 2.75) is 28.8 Å². The lowest BCUT2D eigenvalue weighted by Crippen LogP contribution is -2.19. The number of anilines is 1.